The van der Waals surface area contributed by atoms with Gasteiger partial charge in [0.05, 0.1) is 11.5 Å². The number of ether oxygens (including phenoxy) is 1. The van der Waals surface area contributed by atoms with Crippen LogP contribution in [0.2, 0.25) is 0 Å². The molecule has 0 saturated heterocycles. The van der Waals surface area contributed by atoms with Crippen molar-refractivity contribution in [3.63, 3.8) is 0 Å². The summed E-state index contributed by atoms with van der Waals surface area (Å²) >= 11 is 0. The molecule has 2 rings (SSSR count). The van der Waals surface area contributed by atoms with E-state index < -0.39 is 4.92 Å². The van der Waals surface area contributed by atoms with Gasteiger partial charge in [0.1, 0.15) is 6.20 Å². The first kappa shape index (κ1) is 14.7. The van der Waals surface area contributed by atoms with Crippen LogP contribution in [0.25, 0.3) is 0 Å². The monoisotopic (exact) mass is 279 g/mol. The van der Waals surface area contributed by atoms with E-state index in [9.17, 15) is 10.1 Å². The molecule has 6 nitrogen and oxygen atoms in total. The van der Waals surface area contributed by atoms with Crippen LogP contribution in [-0.4, -0.2) is 23.1 Å². The molecule has 0 bridgehead atoms. The minimum absolute atomic E-state index is 0.00708. The smallest absolute Gasteiger partial charge is 0.288 e. The van der Waals surface area contributed by atoms with Crippen molar-refractivity contribution in [2.75, 3.05) is 13.2 Å². The number of nitrogens with two attached hydrogens (primary N) is 1. The maximum Gasteiger partial charge on any atom is 0.288 e. The van der Waals surface area contributed by atoms with Gasteiger partial charge in [0.25, 0.3) is 5.69 Å². The van der Waals surface area contributed by atoms with Gasteiger partial charge in [0.15, 0.2) is 0 Å². The molecule has 1 aliphatic carbocycles. The van der Waals surface area contributed by atoms with Crippen molar-refractivity contribution in [2.45, 2.75) is 32.6 Å². The van der Waals surface area contributed by atoms with Gasteiger partial charge in [-0.1, -0.05) is 12.8 Å². The Labute approximate surface area is 118 Å². The molecular weight excluding hydrogens is 258 g/mol. The highest BCUT2D eigenvalue weighted by Gasteiger charge is 2.25. The fraction of sp³-hybridized carbons (Fsp3) is 0.643. The van der Waals surface area contributed by atoms with Crippen LogP contribution < -0.4 is 10.5 Å². The lowest BCUT2D eigenvalue weighted by molar-refractivity contribution is -0.385. The van der Waals surface area contributed by atoms with Crippen molar-refractivity contribution < 1.29 is 9.66 Å². The molecule has 2 atom stereocenters. The van der Waals surface area contributed by atoms with E-state index >= 15 is 0 Å². The Hall–Kier alpha value is -1.69. The van der Waals surface area contributed by atoms with Crippen molar-refractivity contribution in [1.29, 1.82) is 0 Å². The minimum Gasteiger partial charge on any atom is -0.477 e. The maximum absolute atomic E-state index is 10.7. The van der Waals surface area contributed by atoms with E-state index in [0.717, 1.165) is 12.8 Å². The average Bonchev–Trinajstić information content (AvgIpc) is 2.46. The topological polar surface area (TPSA) is 91.3 Å². The van der Waals surface area contributed by atoms with E-state index in [4.69, 9.17) is 10.5 Å². The predicted octanol–water partition coefficient (Wildman–Crippen LogP) is 2.44. The van der Waals surface area contributed by atoms with Gasteiger partial charge in [-0.15, -0.1) is 0 Å². The first-order chi connectivity index (χ1) is 9.61. The number of hydrogen-bond acceptors (Lipinski definition) is 5. The van der Waals surface area contributed by atoms with Gasteiger partial charge in [-0.3, -0.25) is 10.1 Å². The first-order valence-electron chi connectivity index (χ1n) is 7.05. The van der Waals surface area contributed by atoms with Crippen LogP contribution in [-0.2, 0) is 0 Å². The van der Waals surface area contributed by atoms with Gasteiger partial charge in [-0.05, 0) is 38.1 Å². The van der Waals surface area contributed by atoms with Crippen LogP contribution in [0.5, 0.6) is 5.88 Å². The van der Waals surface area contributed by atoms with E-state index in [1.54, 1.807) is 6.92 Å². The van der Waals surface area contributed by atoms with Gasteiger partial charge >= 0.3 is 0 Å². The normalized spacial score (nSPS) is 22.5. The summed E-state index contributed by atoms with van der Waals surface area (Å²) < 4.78 is 5.75. The van der Waals surface area contributed by atoms with Gasteiger partial charge in [0.2, 0.25) is 5.88 Å². The fourth-order valence-corrected chi connectivity index (χ4v) is 2.80. The molecule has 0 radical (unpaired) electrons. The molecule has 0 aromatic carbocycles. The molecular formula is C14H21N3O3. The van der Waals surface area contributed by atoms with Crippen molar-refractivity contribution in [2.24, 2.45) is 17.6 Å². The fourth-order valence-electron chi connectivity index (χ4n) is 2.80. The lowest BCUT2D eigenvalue weighted by Crippen LogP contribution is -2.30. The Morgan fingerprint density at radius 1 is 1.45 bits per heavy atom. The Bertz CT molecular complexity index is 479. The summed E-state index contributed by atoms with van der Waals surface area (Å²) in [7, 11) is 0. The Morgan fingerprint density at radius 2 is 2.15 bits per heavy atom. The van der Waals surface area contributed by atoms with E-state index in [1.807, 2.05) is 0 Å². The Morgan fingerprint density at radius 3 is 2.75 bits per heavy atom. The largest absolute Gasteiger partial charge is 0.477 e. The third-order valence-corrected chi connectivity index (χ3v) is 4.03. The third kappa shape index (κ3) is 3.45. The van der Waals surface area contributed by atoms with Crippen LogP contribution in [0.15, 0.2) is 12.3 Å². The summed E-state index contributed by atoms with van der Waals surface area (Å²) in [4.78, 5) is 14.3. The standard InChI is InChI=1S/C14H21N3O3/c1-10-6-13(17(18)19)8-16-14(10)20-9-12-5-3-2-4-11(12)7-15/h6,8,11-12H,2-5,7,9,15H2,1H3. The van der Waals surface area contributed by atoms with Crippen LogP contribution >= 0.6 is 0 Å². The van der Waals surface area contributed by atoms with Crippen LogP contribution in [0.1, 0.15) is 31.2 Å². The number of pyridine rings is 1. The van der Waals surface area contributed by atoms with Crippen molar-refractivity contribution in [3.05, 3.63) is 27.9 Å². The quantitative estimate of drug-likeness (QED) is 0.660. The highest BCUT2D eigenvalue weighted by atomic mass is 16.6. The molecule has 1 fully saturated rings. The van der Waals surface area contributed by atoms with Crippen LogP contribution in [0, 0.1) is 28.9 Å². The molecule has 0 amide bonds. The zero-order chi connectivity index (χ0) is 14.5. The summed E-state index contributed by atoms with van der Waals surface area (Å²) in [6, 6.07) is 1.49. The molecule has 0 spiro atoms. The summed E-state index contributed by atoms with van der Waals surface area (Å²) in [5.41, 5.74) is 6.49. The van der Waals surface area contributed by atoms with Gasteiger partial charge in [-0.25, -0.2) is 4.98 Å². The molecule has 110 valence electrons. The number of hydrogen-bond donors (Lipinski definition) is 1. The second kappa shape index (κ2) is 6.65. The molecule has 1 aromatic heterocycles. The maximum atomic E-state index is 10.7. The Balaban J connectivity index is 1.98. The zero-order valence-corrected chi connectivity index (χ0v) is 11.7. The predicted molar refractivity (Wildman–Crippen MR) is 75.6 cm³/mol. The summed E-state index contributed by atoms with van der Waals surface area (Å²) in [5, 5.41) is 10.7. The number of nitrogens with zero attached hydrogens (tertiary/aromatic N) is 2. The SMILES string of the molecule is Cc1cc([N+](=O)[O-])cnc1OCC1CCCCC1CN. The van der Waals surface area contributed by atoms with E-state index in [1.165, 1.54) is 25.1 Å². The first-order valence-corrected chi connectivity index (χ1v) is 7.05. The number of aromatic nitrogens is 1. The van der Waals surface area contributed by atoms with E-state index in [0.29, 0.717) is 36.4 Å². The highest BCUT2D eigenvalue weighted by Crippen LogP contribution is 2.30. The second-order valence-corrected chi connectivity index (χ2v) is 5.42. The van der Waals surface area contributed by atoms with Crippen molar-refractivity contribution in [1.82, 2.24) is 4.98 Å². The number of rotatable bonds is 5. The highest BCUT2D eigenvalue weighted by molar-refractivity contribution is 5.36. The third-order valence-electron chi connectivity index (χ3n) is 4.03. The van der Waals surface area contributed by atoms with Crippen LogP contribution in [0.3, 0.4) is 0 Å². The lowest BCUT2D eigenvalue weighted by Gasteiger charge is -2.30. The lowest BCUT2D eigenvalue weighted by atomic mass is 9.80. The summed E-state index contributed by atoms with van der Waals surface area (Å²) in [6.45, 7) is 3.06. The average molecular weight is 279 g/mol. The second-order valence-electron chi connectivity index (χ2n) is 5.42. The van der Waals surface area contributed by atoms with Gasteiger partial charge < -0.3 is 10.5 Å². The van der Waals surface area contributed by atoms with Gasteiger partial charge in [-0.2, -0.15) is 0 Å². The molecule has 0 aliphatic heterocycles. The molecule has 1 aromatic rings. The molecule has 1 aliphatic rings. The molecule has 2 N–H and O–H groups in total. The van der Waals surface area contributed by atoms with E-state index in [2.05, 4.69) is 4.98 Å². The molecule has 6 heteroatoms. The summed E-state index contributed by atoms with van der Waals surface area (Å²) in [6.07, 6.45) is 6.00. The van der Waals surface area contributed by atoms with E-state index in [-0.39, 0.29) is 5.69 Å². The molecule has 1 saturated carbocycles. The minimum atomic E-state index is -0.449. The Kier molecular flexibility index (Phi) is 4.89. The van der Waals surface area contributed by atoms with Gasteiger partial charge in [0, 0.05) is 11.6 Å². The molecule has 1 heterocycles. The van der Waals surface area contributed by atoms with Crippen molar-refractivity contribution in [3.8, 4) is 5.88 Å². The number of aryl methyl sites for hydroxylation is 1. The van der Waals surface area contributed by atoms with Crippen molar-refractivity contribution >= 4 is 5.69 Å². The zero-order valence-electron chi connectivity index (χ0n) is 11.7. The molecule has 2 unspecified atom stereocenters. The summed E-state index contributed by atoms with van der Waals surface area (Å²) in [5.74, 6) is 1.46. The molecule has 20 heavy (non-hydrogen) atoms. The number of nitro groups is 1. The van der Waals surface area contributed by atoms with Crippen LogP contribution in [0.4, 0.5) is 5.69 Å².